The Labute approximate surface area is 117 Å². The largest absolute Gasteiger partial charge is 0.451 e. The van der Waals surface area contributed by atoms with Crippen LogP contribution in [0, 0.1) is 0 Å². The van der Waals surface area contributed by atoms with Crippen LogP contribution in [0.4, 0.5) is 0 Å². The molecule has 1 N–H and O–H groups in total. The van der Waals surface area contributed by atoms with E-state index in [1.807, 2.05) is 36.4 Å². The van der Waals surface area contributed by atoms with E-state index in [4.69, 9.17) is 9.47 Å². The first-order valence-electron chi connectivity index (χ1n) is 6.27. The van der Waals surface area contributed by atoms with Gasteiger partial charge in [0.2, 0.25) is 0 Å². The van der Waals surface area contributed by atoms with E-state index in [0.29, 0.717) is 5.75 Å². The van der Waals surface area contributed by atoms with Gasteiger partial charge in [0.05, 0.1) is 0 Å². The Morgan fingerprint density at radius 3 is 2.65 bits per heavy atom. The number of ether oxygens (including phenoxy) is 2. The van der Waals surface area contributed by atoms with Crippen molar-refractivity contribution in [2.75, 3.05) is 0 Å². The second-order valence-corrected chi connectivity index (χ2v) is 4.35. The molecule has 0 saturated heterocycles. The zero-order chi connectivity index (χ0) is 14.5. The van der Waals surface area contributed by atoms with Crippen molar-refractivity contribution >= 4 is 16.7 Å². The molecule has 0 aliphatic rings. The van der Waals surface area contributed by atoms with Crippen molar-refractivity contribution in [2.24, 2.45) is 0 Å². The number of esters is 1. The molecule has 2 unspecified atom stereocenters. The summed E-state index contributed by atoms with van der Waals surface area (Å²) in [6.07, 6.45) is -1.01. The molecule has 0 amide bonds. The molecule has 2 rings (SSSR count). The SMILES string of the molecule is C=CC(=O)OC(Oc1cccc2ccccc12)C(C)O. The average Bonchev–Trinajstić information content (AvgIpc) is 2.46. The highest BCUT2D eigenvalue weighted by Gasteiger charge is 2.21. The summed E-state index contributed by atoms with van der Waals surface area (Å²) < 4.78 is 10.6. The molecule has 0 heterocycles. The van der Waals surface area contributed by atoms with Crippen LogP contribution in [0.2, 0.25) is 0 Å². The maximum absolute atomic E-state index is 11.2. The van der Waals surface area contributed by atoms with Gasteiger partial charge in [0.25, 0.3) is 6.29 Å². The zero-order valence-corrected chi connectivity index (χ0v) is 11.2. The zero-order valence-electron chi connectivity index (χ0n) is 11.2. The summed E-state index contributed by atoms with van der Waals surface area (Å²) in [6, 6.07) is 13.2. The third-order valence-electron chi connectivity index (χ3n) is 2.79. The normalized spacial score (nSPS) is 13.5. The van der Waals surface area contributed by atoms with Crippen LogP contribution in [0.25, 0.3) is 10.8 Å². The average molecular weight is 272 g/mol. The lowest BCUT2D eigenvalue weighted by atomic mass is 10.1. The highest BCUT2D eigenvalue weighted by atomic mass is 16.7. The lowest BCUT2D eigenvalue weighted by Crippen LogP contribution is -2.34. The predicted octanol–water partition coefficient (Wildman–Crippen LogP) is 2.65. The molecule has 0 aliphatic heterocycles. The highest BCUT2D eigenvalue weighted by Crippen LogP contribution is 2.26. The molecule has 0 bridgehead atoms. The van der Waals surface area contributed by atoms with Crippen molar-refractivity contribution in [1.29, 1.82) is 0 Å². The van der Waals surface area contributed by atoms with E-state index in [9.17, 15) is 9.90 Å². The van der Waals surface area contributed by atoms with Gasteiger partial charge in [0.1, 0.15) is 11.9 Å². The molecule has 2 atom stereocenters. The van der Waals surface area contributed by atoms with Crippen LogP contribution in [0.15, 0.2) is 55.1 Å². The van der Waals surface area contributed by atoms with Crippen molar-refractivity contribution in [3.63, 3.8) is 0 Å². The minimum Gasteiger partial charge on any atom is -0.451 e. The Kier molecular flexibility index (Phi) is 4.38. The molecule has 4 nitrogen and oxygen atoms in total. The Hall–Kier alpha value is -2.33. The molecule has 0 aromatic heterocycles. The van der Waals surface area contributed by atoms with Gasteiger partial charge in [0, 0.05) is 11.5 Å². The first-order chi connectivity index (χ1) is 9.61. The van der Waals surface area contributed by atoms with Crippen LogP contribution < -0.4 is 4.74 Å². The van der Waals surface area contributed by atoms with E-state index in [1.54, 1.807) is 6.07 Å². The van der Waals surface area contributed by atoms with E-state index >= 15 is 0 Å². The Bertz CT molecular complexity index is 613. The van der Waals surface area contributed by atoms with Gasteiger partial charge in [-0.1, -0.05) is 43.0 Å². The van der Waals surface area contributed by atoms with Crippen molar-refractivity contribution in [3.05, 3.63) is 55.1 Å². The summed E-state index contributed by atoms with van der Waals surface area (Å²) >= 11 is 0. The summed E-state index contributed by atoms with van der Waals surface area (Å²) in [5.41, 5.74) is 0. The van der Waals surface area contributed by atoms with Crippen LogP contribution in [-0.2, 0) is 9.53 Å². The van der Waals surface area contributed by atoms with Gasteiger partial charge in [0.15, 0.2) is 0 Å². The smallest absolute Gasteiger partial charge is 0.333 e. The number of hydrogen-bond donors (Lipinski definition) is 1. The third kappa shape index (κ3) is 3.16. The lowest BCUT2D eigenvalue weighted by molar-refractivity contribution is -0.171. The van der Waals surface area contributed by atoms with Crippen LogP contribution in [0.1, 0.15) is 6.92 Å². The second-order valence-electron chi connectivity index (χ2n) is 4.35. The molecule has 2 aromatic rings. The van der Waals surface area contributed by atoms with Crippen molar-refractivity contribution in [1.82, 2.24) is 0 Å². The van der Waals surface area contributed by atoms with E-state index in [1.165, 1.54) is 6.92 Å². The number of fused-ring (bicyclic) bond motifs is 1. The molecule has 0 radical (unpaired) electrons. The first kappa shape index (κ1) is 14.1. The number of aliphatic hydroxyl groups is 1. The van der Waals surface area contributed by atoms with Gasteiger partial charge < -0.3 is 14.6 Å². The molecule has 4 heteroatoms. The quantitative estimate of drug-likeness (QED) is 0.516. The maximum atomic E-state index is 11.2. The summed E-state index contributed by atoms with van der Waals surface area (Å²) in [6.45, 7) is 4.81. The summed E-state index contributed by atoms with van der Waals surface area (Å²) in [5.74, 6) is -0.0954. The van der Waals surface area contributed by atoms with Gasteiger partial charge in [-0.05, 0) is 18.4 Å². The summed E-state index contributed by atoms with van der Waals surface area (Å²) in [5, 5.41) is 11.5. The Morgan fingerprint density at radius 2 is 1.95 bits per heavy atom. The topological polar surface area (TPSA) is 55.8 Å². The fraction of sp³-hybridized carbons (Fsp3) is 0.188. The number of hydrogen-bond acceptors (Lipinski definition) is 4. The van der Waals surface area contributed by atoms with Crippen LogP contribution >= 0.6 is 0 Å². The van der Waals surface area contributed by atoms with E-state index in [0.717, 1.165) is 16.8 Å². The Morgan fingerprint density at radius 1 is 1.25 bits per heavy atom. The van der Waals surface area contributed by atoms with Gasteiger partial charge in [-0.15, -0.1) is 0 Å². The number of carbonyl (C=O) groups excluding carboxylic acids is 1. The molecule has 20 heavy (non-hydrogen) atoms. The second kappa shape index (κ2) is 6.21. The van der Waals surface area contributed by atoms with Crippen LogP contribution in [-0.4, -0.2) is 23.5 Å². The molecule has 0 saturated carbocycles. The fourth-order valence-corrected chi connectivity index (χ4v) is 1.81. The van der Waals surface area contributed by atoms with Gasteiger partial charge >= 0.3 is 5.97 Å². The van der Waals surface area contributed by atoms with Gasteiger partial charge in [-0.2, -0.15) is 0 Å². The Balaban J connectivity index is 2.28. The van der Waals surface area contributed by atoms with E-state index in [2.05, 4.69) is 6.58 Å². The minimum atomic E-state index is -1.08. The molecular weight excluding hydrogens is 256 g/mol. The van der Waals surface area contributed by atoms with Gasteiger partial charge in [-0.3, -0.25) is 0 Å². The summed E-state index contributed by atoms with van der Waals surface area (Å²) in [7, 11) is 0. The number of rotatable bonds is 5. The standard InChI is InChI=1S/C16H16O4/c1-3-15(18)20-16(11(2)17)19-14-10-6-8-12-7-4-5-9-13(12)14/h3-11,16-17H,1H2,2H3. The van der Waals surface area contributed by atoms with Crippen LogP contribution in [0.3, 0.4) is 0 Å². The minimum absolute atomic E-state index is 0.547. The molecule has 0 fully saturated rings. The van der Waals surface area contributed by atoms with Crippen molar-refractivity contribution in [2.45, 2.75) is 19.3 Å². The fourth-order valence-electron chi connectivity index (χ4n) is 1.81. The lowest BCUT2D eigenvalue weighted by Gasteiger charge is -2.21. The van der Waals surface area contributed by atoms with E-state index < -0.39 is 18.4 Å². The molecule has 0 aliphatic carbocycles. The molecule has 104 valence electrons. The van der Waals surface area contributed by atoms with Crippen LogP contribution in [0.5, 0.6) is 5.75 Å². The predicted molar refractivity (Wildman–Crippen MR) is 76.3 cm³/mol. The third-order valence-corrected chi connectivity index (χ3v) is 2.79. The molecular formula is C16H16O4. The van der Waals surface area contributed by atoms with Crippen molar-refractivity contribution in [3.8, 4) is 5.75 Å². The monoisotopic (exact) mass is 272 g/mol. The summed E-state index contributed by atoms with van der Waals surface area (Å²) in [4.78, 5) is 11.2. The van der Waals surface area contributed by atoms with E-state index in [-0.39, 0.29) is 0 Å². The number of carbonyl (C=O) groups is 1. The number of aliphatic hydroxyl groups excluding tert-OH is 1. The first-order valence-corrected chi connectivity index (χ1v) is 6.27. The molecule has 2 aromatic carbocycles. The van der Waals surface area contributed by atoms with Gasteiger partial charge in [-0.25, -0.2) is 4.79 Å². The molecule has 0 spiro atoms. The van der Waals surface area contributed by atoms with Crippen molar-refractivity contribution < 1.29 is 19.4 Å². The highest BCUT2D eigenvalue weighted by molar-refractivity contribution is 5.88. The number of benzene rings is 2. The maximum Gasteiger partial charge on any atom is 0.333 e.